The maximum absolute atomic E-state index is 12.0. The monoisotopic (exact) mass is 234 g/mol. The smallest absolute Gasteiger partial charge is 0.166 e. The highest BCUT2D eigenvalue weighted by atomic mass is 16.5. The van der Waals surface area contributed by atoms with Crippen molar-refractivity contribution in [3.05, 3.63) is 23.5 Å². The molecule has 0 saturated heterocycles. The van der Waals surface area contributed by atoms with Gasteiger partial charge in [-0.05, 0) is 32.3 Å². The van der Waals surface area contributed by atoms with Crippen LogP contribution in [0.4, 0.5) is 0 Å². The van der Waals surface area contributed by atoms with E-state index in [-0.39, 0.29) is 17.5 Å². The average molecular weight is 234 g/mol. The Morgan fingerprint density at radius 1 is 1.24 bits per heavy atom. The Morgan fingerprint density at radius 2 is 2.06 bits per heavy atom. The number of rotatable bonds is 3. The van der Waals surface area contributed by atoms with Gasteiger partial charge in [0.25, 0.3) is 0 Å². The third kappa shape index (κ3) is 2.84. The van der Waals surface area contributed by atoms with Crippen molar-refractivity contribution in [2.75, 3.05) is 6.61 Å². The molecule has 0 spiro atoms. The highest BCUT2D eigenvalue weighted by Gasteiger charge is 2.28. The van der Waals surface area contributed by atoms with Crippen LogP contribution in [0.15, 0.2) is 23.5 Å². The van der Waals surface area contributed by atoms with Crippen LogP contribution in [0.1, 0.15) is 39.0 Å². The summed E-state index contributed by atoms with van der Waals surface area (Å²) in [6.45, 7) is 2.52. The zero-order valence-electron chi connectivity index (χ0n) is 10.2. The lowest BCUT2D eigenvalue weighted by Crippen LogP contribution is -2.22. The second kappa shape index (κ2) is 5.30. The van der Waals surface area contributed by atoms with Crippen molar-refractivity contribution in [2.45, 2.75) is 39.0 Å². The third-order valence-electron chi connectivity index (χ3n) is 3.34. The largest absolute Gasteiger partial charge is 0.498 e. The highest BCUT2D eigenvalue weighted by molar-refractivity contribution is 5.97. The molecule has 0 aliphatic heterocycles. The molecule has 1 unspecified atom stereocenters. The minimum absolute atomic E-state index is 0.0801. The van der Waals surface area contributed by atoms with E-state index in [1.807, 2.05) is 6.92 Å². The molecule has 2 rings (SSSR count). The normalized spacial score (nSPS) is 25.4. The van der Waals surface area contributed by atoms with Crippen molar-refractivity contribution in [2.24, 2.45) is 5.92 Å². The fourth-order valence-corrected chi connectivity index (χ4v) is 2.52. The van der Waals surface area contributed by atoms with E-state index in [2.05, 4.69) is 0 Å². The van der Waals surface area contributed by atoms with Gasteiger partial charge in [-0.3, -0.25) is 9.59 Å². The van der Waals surface area contributed by atoms with Crippen LogP contribution in [0.2, 0.25) is 0 Å². The van der Waals surface area contributed by atoms with Crippen LogP contribution >= 0.6 is 0 Å². The van der Waals surface area contributed by atoms with Gasteiger partial charge in [0.15, 0.2) is 11.6 Å². The van der Waals surface area contributed by atoms with Crippen molar-refractivity contribution in [3.63, 3.8) is 0 Å². The summed E-state index contributed by atoms with van der Waals surface area (Å²) in [7, 11) is 0. The van der Waals surface area contributed by atoms with E-state index in [4.69, 9.17) is 4.74 Å². The predicted molar refractivity (Wildman–Crippen MR) is 64.4 cm³/mol. The second-order valence-corrected chi connectivity index (χ2v) is 4.58. The molecule has 0 saturated carbocycles. The highest BCUT2D eigenvalue weighted by Crippen LogP contribution is 2.31. The Hall–Kier alpha value is -1.38. The molecule has 0 aromatic heterocycles. The standard InChI is InChI=1S/C14H18O3/c1-2-17-12-6-7-13(14(16)9-12)10-4-3-5-11(15)8-10/h8-9,13H,2-7H2,1H3. The van der Waals surface area contributed by atoms with Gasteiger partial charge in [0.05, 0.1) is 12.4 Å². The van der Waals surface area contributed by atoms with Gasteiger partial charge in [-0.1, -0.05) is 5.57 Å². The molecule has 0 heterocycles. The first-order valence-electron chi connectivity index (χ1n) is 6.31. The predicted octanol–water partition coefficient (Wildman–Crippen LogP) is 2.57. The number of hydrogen-bond donors (Lipinski definition) is 0. The maximum atomic E-state index is 12.0. The molecule has 2 aliphatic rings. The Morgan fingerprint density at radius 3 is 2.71 bits per heavy atom. The number of carbonyl (C=O) groups excluding carboxylic acids is 2. The lowest BCUT2D eigenvalue weighted by atomic mass is 9.81. The van der Waals surface area contributed by atoms with Gasteiger partial charge in [-0.15, -0.1) is 0 Å². The van der Waals surface area contributed by atoms with Crippen molar-refractivity contribution < 1.29 is 14.3 Å². The van der Waals surface area contributed by atoms with Crippen molar-refractivity contribution >= 4 is 11.6 Å². The molecule has 17 heavy (non-hydrogen) atoms. The number of ether oxygens (including phenoxy) is 1. The summed E-state index contributed by atoms with van der Waals surface area (Å²) in [4.78, 5) is 23.3. The molecule has 0 bridgehead atoms. The molecule has 0 N–H and O–H groups in total. The van der Waals surface area contributed by atoms with E-state index in [0.717, 1.165) is 37.0 Å². The van der Waals surface area contributed by atoms with Gasteiger partial charge in [0, 0.05) is 24.8 Å². The first-order valence-corrected chi connectivity index (χ1v) is 6.31. The first kappa shape index (κ1) is 12.1. The van der Waals surface area contributed by atoms with Crippen LogP contribution in [0.5, 0.6) is 0 Å². The van der Waals surface area contributed by atoms with Crippen LogP contribution < -0.4 is 0 Å². The van der Waals surface area contributed by atoms with Gasteiger partial charge in [-0.25, -0.2) is 0 Å². The Labute approximate surface area is 102 Å². The molecule has 92 valence electrons. The first-order chi connectivity index (χ1) is 8.20. The lowest BCUT2D eigenvalue weighted by Gasteiger charge is -2.24. The summed E-state index contributed by atoms with van der Waals surface area (Å²) in [6.07, 6.45) is 7.28. The minimum Gasteiger partial charge on any atom is -0.498 e. The van der Waals surface area contributed by atoms with Crippen LogP contribution in [0.3, 0.4) is 0 Å². The second-order valence-electron chi connectivity index (χ2n) is 4.58. The van der Waals surface area contributed by atoms with Crippen LogP contribution in [0, 0.1) is 5.92 Å². The van der Waals surface area contributed by atoms with Crippen LogP contribution in [0.25, 0.3) is 0 Å². The molecule has 3 nitrogen and oxygen atoms in total. The Kier molecular flexibility index (Phi) is 3.77. The molecular weight excluding hydrogens is 216 g/mol. The summed E-state index contributed by atoms with van der Waals surface area (Å²) in [5.74, 6) is 0.972. The van der Waals surface area contributed by atoms with Gasteiger partial charge in [-0.2, -0.15) is 0 Å². The van der Waals surface area contributed by atoms with E-state index >= 15 is 0 Å². The molecular formula is C14H18O3. The van der Waals surface area contributed by atoms with Crippen LogP contribution in [-0.2, 0) is 14.3 Å². The van der Waals surface area contributed by atoms with E-state index in [9.17, 15) is 9.59 Å². The Balaban J connectivity index is 2.09. The van der Waals surface area contributed by atoms with Gasteiger partial charge < -0.3 is 4.74 Å². The number of ketones is 2. The van der Waals surface area contributed by atoms with E-state index < -0.39 is 0 Å². The molecule has 1 atom stereocenters. The maximum Gasteiger partial charge on any atom is 0.166 e. The molecule has 0 amide bonds. The zero-order chi connectivity index (χ0) is 12.3. The summed E-state index contributed by atoms with van der Waals surface area (Å²) in [5.41, 5.74) is 1.03. The molecule has 2 aliphatic carbocycles. The van der Waals surface area contributed by atoms with Crippen molar-refractivity contribution in [1.29, 1.82) is 0 Å². The lowest BCUT2D eigenvalue weighted by molar-refractivity contribution is -0.118. The van der Waals surface area contributed by atoms with E-state index in [0.29, 0.717) is 13.0 Å². The molecule has 0 aromatic rings. The minimum atomic E-state index is -0.0801. The summed E-state index contributed by atoms with van der Waals surface area (Å²) in [5, 5.41) is 0. The SMILES string of the molecule is CCOC1=CC(=O)C(C2=CC(=O)CCC2)CC1. The van der Waals surface area contributed by atoms with E-state index in [1.165, 1.54) is 0 Å². The average Bonchev–Trinajstić information content (AvgIpc) is 2.29. The van der Waals surface area contributed by atoms with E-state index in [1.54, 1.807) is 12.2 Å². The van der Waals surface area contributed by atoms with Crippen molar-refractivity contribution in [1.82, 2.24) is 0 Å². The fourth-order valence-electron chi connectivity index (χ4n) is 2.52. The quantitative estimate of drug-likeness (QED) is 0.753. The third-order valence-corrected chi connectivity index (χ3v) is 3.34. The fraction of sp³-hybridized carbons (Fsp3) is 0.571. The van der Waals surface area contributed by atoms with Gasteiger partial charge in [0.2, 0.25) is 0 Å². The molecule has 0 fully saturated rings. The summed E-state index contributed by atoms with van der Waals surface area (Å²) in [6, 6.07) is 0. The van der Waals surface area contributed by atoms with Crippen molar-refractivity contribution in [3.8, 4) is 0 Å². The zero-order valence-corrected chi connectivity index (χ0v) is 10.2. The Bertz CT molecular complexity index is 390. The number of allylic oxidation sites excluding steroid dienone is 4. The van der Waals surface area contributed by atoms with Gasteiger partial charge in [0.1, 0.15) is 0 Å². The topological polar surface area (TPSA) is 43.4 Å². The molecule has 3 heteroatoms. The molecule has 0 aromatic carbocycles. The number of hydrogen-bond acceptors (Lipinski definition) is 3. The summed E-state index contributed by atoms with van der Waals surface area (Å²) < 4.78 is 5.36. The summed E-state index contributed by atoms with van der Waals surface area (Å²) >= 11 is 0. The molecule has 0 radical (unpaired) electrons. The van der Waals surface area contributed by atoms with Gasteiger partial charge >= 0.3 is 0 Å². The van der Waals surface area contributed by atoms with Crippen LogP contribution in [-0.4, -0.2) is 18.2 Å². The number of carbonyl (C=O) groups is 2.